The van der Waals surface area contributed by atoms with Gasteiger partial charge in [0.25, 0.3) is 0 Å². The van der Waals surface area contributed by atoms with E-state index in [1.165, 1.54) is 19.1 Å². The Labute approximate surface area is 127 Å². The minimum Gasteiger partial charge on any atom is -0.326 e. The summed E-state index contributed by atoms with van der Waals surface area (Å²) in [6.07, 6.45) is 1.68. The Balaban J connectivity index is 3.00. The van der Waals surface area contributed by atoms with E-state index in [1.807, 2.05) is 6.92 Å². The molecular formula is C15H25FN2O2S. The summed E-state index contributed by atoms with van der Waals surface area (Å²) in [4.78, 5) is -0.0284. The SMILES string of the molecule is Cc1c(F)cc(CN)cc1S(=O)(=O)NC(C)CCC(C)C. The van der Waals surface area contributed by atoms with E-state index in [0.717, 1.165) is 12.8 Å². The normalized spacial score (nSPS) is 13.7. The van der Waals surface area contributed by atoms with Crippen LogP contribution in [0.2, 0.25) is 0 Å². The maximum absolute atomic E-state index is 13.8. The third kappa shape index (κ3) is 5.05. The van der Waals surface area contributed by atoms with Gasteiger partial charge in [-0.25, -0.2) is 17.5 Å². The molecule has 21 heavy (non-hydrogen) atoms. The fourth-order valence-electron chi connectivity index (χ4n) is 2.07. The molecule has 0 saturated carbocycles. The van der Waals surface area contributed by atoms with Crippen molar-refractivity contribution in [2.75, 3.05) is 0 Å². The molecule has 0 aliphatic heterocycles. The predicted octanol–water partition coefficient (Wildman–Crippen LogP) is 2.70. The molecule has 1 aromatic carbocycles. The first-order valence-electron chi connectivity index (χ1n) is 7.18. The van der Waals surface area contributed by atoms with Gasteiger partial charge in [-0.2, -0.15) is 0 Å². The highest BCUT2D eigenvalue weighted by molar-refractivity contribution is 7.89. The number of hydrogen-bond donors (Lipinski definition) is 2. The number of sulfonamides is 1. The van der Waals surface area contributed by atoms with E-state index in [0.29, 0.717) is 11.5 Å². The van der Waals surface area contributed by atoms with E-state index in [2.05, 4.69) is 18.6 Å². The lowest BCUT2D eigenvalue weighted by Crippen LogP contribution is -2.33. The van der Waals surface area contributed by atoms with Crippen molar-refractivity contribution in [1.29, 1.82) is 0 Å². The van der Waals surface area contributed by atoms with Crippen LogP contribution in [-0.2, 0) is 16.6 Å². The van der Waals surface area contributed by atoms with E-state index in [1.54, 1.807) is 0 Å². The summed E-state index contributed by atoms with van der Waals surface area (Å²) < 4.78 is 41.2. The molecule has 0 radical (unpaired) electrons. The fourth-order valence-corrected chi connectivity index (χ4v) is 3.66. The number of hydrogen-bond acceptors (Lipinski definition) is 3. The first-order valence-corrected chi connectivity index (χ1v) is 8.67. The van der Waals surface area contributed by atoms with Gasteiger partial charge in [0.1, 0.15) is 5.82 Å². The standard InChI is InChI=1S/C15H25FN2O2S/c1-10(2)5-6-11(3)18-21(19,20)15-8-13(9-17)7-14(16)12(15)4/h7-8,10-11,18H,5-6,9,17H2,1-4H3. The number of rotatable bonds is 7. The zero-order chi connectivity index (χ0) is 16.2. The lowest BCUT2D eigenvalue weighted by Gasteiger charge is -2.17. The minimum atomic E-state index is -3.74. The topological polar surface area (TPSA) is 72.2 Å². The van der Waals surface area contributed by atoms with E-state index in [-0.39, 0.29) is 23.0 Å². The molecule has 0 spiro atoms. The summed E-state index contributed by atoms with van der Waals surface area (Å²) in [5, 5.41) is 0. The third-order valence-corrected chi connectivity index (χ3v) is 5.13. The summed E-state index contributed by atoms with van der Waals surface area (Å²) in [7, 11) is -3.74. The van der Waals surface area contributed by atoms with Crippen LogP contribution in [0, 0.1) is 18.7 Å². The molecular weight excluding hydrogens is 291 g/mol. The zero-order valence-corrected chi connectivity index (χ0v) is 13.9. The van der Waals surface area contributed by atoms with Crippen LogP contribution >= 0.6 is 0 Å². The van der Waals surface area contributed by atoms with Crippen LogP contribution in [0.4, 0.5) is 4.39 Å². The van der Waals surface area contributed by atoms with Crippen LogP contribution in [-0.4, -0.2) is 14.5 Å². The van der Waals surface area contributed by atoms with Crippen molar-refractivity contribution >= 4 is 10.0 Å². The first kappa shape index (κ1) is 18.1. The summed E-state index contributed by atoms with van der Waals surface area (Å²) in [6.45, 7) is 7.56. The average Bonchev–Trinajstić information content (AvgIpc) is 2.38. The molecule has 0 fully saturated rings. The van der Waals surface area contributed by atoms with Crippen molar-refractivity contribution < 1.29 is 12.8 Å². The molecule has 0 aliphatic rings. The van der Waals surface area contributed by atoms with E-state index in [4.69, 9.17) is 5.73 Å². The smallest absolute Gasteiger partial charge is 0.241 e. The van der Waals surface area contributed by atoms with Crippen LogP contribution in [0.1, 0.15) is 44.7 Å². The van der Waals surface area contributed by atoms with Crippen molar-refractivity contribution in [1.82, 2.24) is 4.72 Å². The van der Waals surface area contributed by atoms with Gasteiger partial charge in [-0.1, -0.05) is 13.8 Å². The van der Waals surface area contributed by atoms with E-state index in [9.17, 15) is 12.8 Å². The van der Waals surface area contributed by atoms with Gasteiger partial charge in [0.2, 0.25) is 10.0 Å². The molecule has 0 heterocycles. The third-order valence-electron chi connectivity index (χ3n) is 3.42. The quantitative estimate of drug-likeness (QED) is 0.812. The first-order chi connectivity index (χ1) is 9.67. The lowest BCUT2D eigenvalue weighted by molar-refractivity contribution is 0.485. The molecule has 0 amide bonds. The predicted molar refractivity (Wildman–Crippen MR) is 82.9 cm³/mol. The number of nitrogens with one attached hydrogen (secondary N) is 1. The molecule has 1 aromatic rings. The van der Waals surface area contributed by atoms with Crippen molar-refractivity contribution in [3.8, 4) is 0 Å². The van der Waals surface area contributed by atoms with Crippen LogP contribution in [0.3, 0.4) is 0 Å². The van der Waals surface area contributed by atoms with Crippen molar-refractivity contribution in [3.63, 3.8) is 0 Å². The maximum atomic E-state index is 13.8. The highest BCUT2D eigenvalue weighted by atomic mass is 32.2. The van der Waals surface area contributed by atoms with Gasteiger partial charge in [0.15, 0.2) is 0 Å². The highest BCUT2D eigenvalue weighted by Gasteiger charge is 2.22. The summed E-state index contributed by atoms with van der Waals surface area (Å²) in [5.74, 6) is -0.0372. The largest absolute Gasteiger partial charge is 0.326 e. The van der Waals surface area contributed by atoms with Crippen LogP contribution in [0.15, 0.2) is 17.0 Å². The zero-order valence-electron chi connectivity index (χ0n) is 13.1. The number of halogens is 1. The van der Waals surface area contributed by atoms with Crippen LogP contribution in [0.5, 0.6) is 0 Å². The number of nitrogens with two attached hydrogens (primary N) is 1. The summed E-state index contributed by atoms with van der Waals surface area (Å²) in [6, 6.07) is 2.52. The van der Waals surface area contributed by atoms with Gasteiger partial charge in [-0.3, -0.25) is 0 Å². The molecule has 0 aromatic heterocycles. The Morgan fingerprint density at radius 1 is 1.24 bits per heavy atom. The highest BCUT2D eigenvalue weighted by Crippen LogP contribution is 2.21. The lowest BCUT2D eigenvalue weighted by atomic mass is 10.1. The number of benzene rings is 1. The van der Waals surface area contributed by atoms with Crippen molar-refractivity contribution in [2.45, 2.75) is 58.0 Å². The molecule has 120 valence electrons. The van der Waals surface area contributed by atoms with E-state index >= 15 is 0 Å². The van der Waals surface area contributed by atoms with Crippen molar-refractivity contribution in [3.05, 3.63) is 29.1 Å². The maximum Gasteiger partial charge on any atom is 0.241 e. The Morgan fingerprint density at radius 3 is 2.38 bits per heavy atom. The monoisotopic (exact) mass is 316 g/mol. The van der Waals surface area contributed by atoms with Gasteiger partial charge >= 0.3 is 0 Å². The van der Waals surface area contributed by atoms with Crippen LogP contribution < -0.4 is 10.5 Å². The molecule has 1 unspecified atom stereocenters. The summed E-state index contributed by atoms with van der Waals surface area (Å²) in [5.41, 5.74) is 6.07. The van der Waals surface area contributed by atoms with Crippen molar-refractivity contribution in [2.24, 2.45) is 11.7 Å². The second-order valence-corrected chi connectivity index (χ2v) is 7.58. The minimum absolute atomic E-state index is 0.0284. The fraction of sp³-hybridized carbons (Fsp3) is 0.600. The Kier molecular flexibility index (Phi) is 6.31. The Morgan fingerprint density at radius 2 is 1.86 bits per heavy atom. The Bertz CT molecular complexity index is 586. The average molecular weight is 316 g/mol. The molecule has 3 N–H and O–H groups in total. The summed E-state index contributed by atoms with van der Waals surface area (Å²) >= 11 is 0. The molecule has 6 heteroatoms. The van der Waals surface area contributed by atoms with Gasteiger partial charge < -0.3 is 5.73 Å². The van der Waals surface area contributed by atoms with Crippen LogP contribution in [0.25, 0.3) is 0 Å². The van der Waals surface area contributed by atoms with Gasteiger partial charge in [-0.05, 0) is 50.3 Å². The molecule has 0 bridgehead atoms. The molecule has 0 saturated heterocycles. The van der Waals surface area contributed by atoms with E-state index < -0.39 is 15.8 Å². The second kappa shape index (κ2) is 7.33. The van der Waals surface area contributed by atoms with Gasteiger partial charge in [-0.15, -0.1) is 0 Å². The molecule has 1 rings (SSSR count). The molecule has 1 atom stereocenters. The van der Waals surface area contributed by atoms with Gasteiger partial charge in [0, 0.05) is 18.2 Å². The second-order valence-electron chi connectivity index (χ2n) is 5.90. The Hall–Kier alpha value is -0.980. The molecule has 0 aliphatic carbocycles. The molecule has 4 nitrogen and oxygen atoms in total. The van der Waals surface area contributed by atoms with Gasteiger partial charge in [0.05, 0.1) is 4.90 Å².